The van der Waals surface area contributed by atoms with Crippen LogP contribution in [0.15, 0.2) is 97.1 Å². The first-order valence-corrected chi connectivity index (χ1v) is 12.5. The first-order valence-electron chi connectivity index (χ1n) is 12.5. The van der Waals surface area contributed by atoms with Crippen LogP contribution < -0.4 is 11.1 Å². The van der Waals surface area contributed by atoms with Crippen LogP contribution in [-0.4, -0.2) is 30.1 Å². The second-order valence-electron chi connectivity index (χ2n) is 9.46. The third-order valence-electron chi connectivity index (χ3n) is 7.28. The maximum absolute atomic E-state index is 13.5. The van der Waals surface area contributed by atoms with Crippen molar-refractivity contribution in [1.29, 1.82) is 0 Å². The second-order valence-corrected chi connectivity index (χ2v) is 9.46. The normalized spacial score (nSPS) is 15.9. The molecule has 6 rings (SSSR count). The van der Waals surface area contributed by atoms with Crippen LogP contribution in [0.3, 0.4) is 0 Å². The number of amides is 2. The van der Waals surface area contributed by atoms with Crippen molar-refractivity contribution in [2.75, 3.05) is 24.2 Å². The molecular formula is C31H27N3O3. The zero-order chi connectivity index (χ0) is 25.4. The summed E-state index contributed by atoms with van der Waals surface area (Å²) < 4.78 is 5.93. The van der Waals surface area contributed by atoms with Gasteiger partial charge in [-0.1, -0.05) is 72.8 Å². The SMILES string of the molecule is Nc1ccc(NC(=O)C2c3ccccc3CCN2C(=O)OCC2c3ccccc3-c3ccccc32)cc1. The Kier molecular flexibility index (Phi) is 5.85. The molecule has 4 aromatic rings. The molecule has 0 aromatic heterocycles. The number of fused-ring (bicyclic) bond motifs is 4. The zero-order valence-electron chi connectivity index (χ0n) is 20.3. The minimum atomic E-state index is -0.793. The van der Waals surface area contributed by atoms with Gasteiger partial charge in [0.25, 0.3) is 5.91 Å². The molecule has 0 spiro atoms. The molecule has 6 nitrogen and oxygen atoms in total. The molecule has 3 N–H and O–H groups in total. The first-order chi connectivity index (χ1) is 18.1. The molecule has 6 heteroatoms. The highest BCUT2D eigenvalue weighted by atomic mass is 16.6. The Balaban J connectivity index is 1.25. The number of ether oxygens (including phenoxy) is 1. The van der Waals surface area contributed by atoms with Gasteiger partial charge >= 0.3 is 6.09 Å². The number of nitrogens with two attached hydrogens (primary N) is 1. The van der Waals surface area contributed by atoms with Gasteiger partial charge in [-0.25, -0.2) is 4.79 Å². The average Bonchev–Trinajstić information content (AvgIpc) is 3.26. The van der Waals surface area contributed by atoms with Crippen molar-refractivity contribution in [1.82, 2.24) is 4.90 Å². The topological polar surface area (TPSA) is 84.7 Å². The highest BCUT2D eigenvalue weighted by molar-refractivity contribution is 5.98. The minimum absolute atomic E-state index is 0.0459. The van der Waals surface area contributed by atoms with Crippen LogP contribution in [0.1, 0.15) is 34.2 Å². The van der Waals surface area contributed by atoms with E-state index in [0.29, 0.717) is 24.3 Å². The van der Waals surface area contributed by atoms with Crippen molar-refractivity contribution in [3.8, 4) is 11.1 Å². The molecule has 37 heavy (non-hydrogen) atoms. The Morgan fingerprint density at radius 1 is 0.811 bits per heavy atom. The minimum Gasteiger partial charge on any atom is -0.448 e. The number of benzene rings is 4. The first kappa shape index (κ1) is 22.9. The van der Waals surface area contributed by atoms with Crippen LogP contribution in [0.5, 0.6) is 0 Å². The summed E-state index contributed by atoms with van der Waals surface area (Å²) in [5.74, 6) is -0.332. The van der Waals surface area contributed by atoms with Gasteiger partial charge in [0.05, 0.1) is 0 Å². The molecule has 0 saturated carbocycles. The van der Waals surface area contributed by atoms with Crippen molar-refractivity contribution < 1.29 is 14.3 Å². The van der Waals surface area contributed by atoms with E-state index in [4.69, 9.17) is 10.5 Å². The molecule has 1 heterocycles. The third kappa shape index (κ3) is 4.20. The van der Waals surface area contributed by atoms with Gasteiger partial charge in [-0.2, -0.15) is 0 Å². The predicted molar refractivity (Wildman–Crippen MR) is 144 cm³/mol. The van der Waals surface area contributed by atoms with Gasteiger partial charge in [-0.3, -0.25) is 9.69 Å². The molecule has 1 aliphatic heterocycles. The van der Waals surface area contributed by atoms with Gasteiger partial charge in [0.2, 0.25) is 0 Å². The van der Waals surface area contributed by atoms with Gasteiger partial charge in [0.15, 0.2) is 0 Å². The fourth-order valence-electron chi connectivity index (χ4n) is 5.50. The van der Waals surface area contributed by atoms with E-state index in [0.717, 1.165) is 22.3 Å². The number of carbonyl (C=O) groups excluding carboxylic acids is 2. The second kappa shape index (κ2) is 9.47. The zero-order valence-corrected chi connectivity index (χ0v) is 20.3. The lowest BCUT2D eigenvalue weighted by molar-refractivity contribution is -0.121. The molecule has 1 unspecified atom stereocenters. The van der Waals surface area contributed by atoms with E-state index < -0.39 is 12.1 Å². The van der Waals surface area contributed by atoms with Crippen molar-refractivity contribution >= 4 is 23.4 Å². The molecule has 2 amide bonds. The molecule has 0 radical (unpaired) electrons. The maximum Gasteiger partial charge on any atom is 0.410 e. The van der Waals surface area contributed by atoms with E-state index in [9.17, 15) is 9.59 Å². The number of anilines is 2. The monoisotopic (exact) mass is 489 g/mol. The quantitative estimate of drug-likeness (QED) is 0.357. The number of carbonyl (C=O) groups is 2. The van der Waals surface area contributed by atoms with Crippen LogP contribution in [0.4, 0.5) is 16.2 Å². The van der Waals surface area contributed by atoms with Crippen LogP contribution >= 0.6 is 0 Å². The average molecular weight is 490 g/mol. The standard InChI is InChI=1S/C31H27N3O3/c32-21-13-15-22(16-14-21)33-30(35)29-23-8-2-1-7-20(23)17-18-34(29)31(36)37-19-28-26-11-5-3-9-24(26)25-10-4-6-12-27(25)28/h1-16,28-29H,17-19,32H2,(H,33,35). The van der Waals surface area contributed by atoms with Crippen molar-refractivity contribution in [3.05, 3.63) is 119 Å². The molecule has 1 atom stereocenters. The fourth-order valence-corrected chi connectivity index (χ4v) is 5.50. The van der Waals surface area contributed by atoms with Crippen LogP contribution in [0.2, 0.25) is 0 Å². The van der Waals surface area contributed by atoms with E-state index in [1.54, 1.807) is 29.2 Å². The Bertz CT molecular complexity index is 1440. The van der Waals surface area contributed by atoms with E-state index in [1.807, 2.05) is 48.5 Å². The van der Waals surface area contributed by atoms with Crippen LogP contribution in [0, 0.1) is 0 Å². The summed E-state index contributed by atoms with van der Waals surface area (Å²) in [7, 11) is 0. The van der Waals surface area contributed by atoms with Crippen molar-refractivity contribution in [2.24, 2.45) is 0 Å². The molecule has 2 aliphatic rings. The lowest BCUT2D eigenvalue weighted by atomic mass is 9.92. The number of hydrogen-bond acceptors (Lipinski definition) is 4. The summed E-state index contributed by atoms with van der Waals surface area (Å²) in [5.41, 5.74) is 13.5. The summed E-state index contributed by atoms with van der Waals surface area (Å²) in [4.78, 5) is 28.6. The highest BCUT2D eigenvalue weighted by Crippen LogP contribution is 2.44. The highest BCUT2D eigenvalue weighted by Gasteiger charge is 2.38. The lowest BCUT2D eigenvalue weighted by Crippen LogP contribution is -2.45. The van der Waals surface area contributed by atoms with Gasteiger partial charge in [-0.05, 0) is 64.1 Å². The number of nitrogens with one attached hydrogen (secondary N) is 1. The number of rotatable bonds is 4. The van der Waals surface area contributed by atoms with Crippen LogP contribution in [-0.2, 0) is 16.0 Å². The molecular weight excluding hydrogens is 462 g/mol. The summed E-state index contributed by atoms with van der Waals surface area (Å²) >= 11 is 0. The fraction of sp³-hybridized carbons (Fsp3) is 0.161. The molecule has 1 aliphatic carbocycles. The van der Waals surface area contributed by atoms with Crippen molar-refractivity contribution in [3.63, 3.8) is 0 Å². The Morgan fingerprint density at radius 2 is 1.41 bits per heavy atom. The number of nitrogens with zero attached hydrogens (tertiary/aromatic N) is 1. The smallest absolute Gasteiger partial charge is 0.410 e. The van der Waals surface area contributed by atoms with Crippen molar-refractivity contribution in [2.45, 2.75) is 18.4 Å². The summed E-state index contributed by atoms with van der Waals surface area (Å²) in [6.45, 7) is 0.602. The Hall–Kier alpha value is -4.58. The van der Waals surface area contributed by atoms with Crippen LogP contribution in [0.25, 0.3) is 11.1 Å². The Morgan fingerprint density at radius 3 is 2.08 bits per heavy atom. The van der Waals surface area contributed by atoms with Gasteiger partial charge < -0.3 is 15.8 Å². The van der Waals surface area contributed by atoms with E-state index >= 15 is 0 Å². The lowest BCUT2D eigenvalue weighted by Gasteiger charge is -2.35. The summed E-state index contributed by atoms with van der Waals surface area (Å²) in [6.07, 6.45) is 0.167. The largest absolute Gasteiger partial charge is 0.448 e. The maximum atomic E-state index is 13.5. The Labute approximate surface area is 215 Å². The van der Waals surface area contributed by atoms with E-state index in [-0.39, 0.29) is 18.4 Å². The summed E-state index contributed by atoms with van der Waals surface area (Å²) in [6, 6.07) is 30.4. The number of hydrogen-bond donors (Lipinski definition) is 2. The summed E-state index contributed by atoms with van der Waals surface area (Å²) in [5, 5.41) is 2.94. The number of nitrogen functional groups attached to an aromatic ring is 1. The van der Waals surface area contributed by atoms with E-state index in [2.05, 4.69) is 29.6 Å². The molecule has 0 fully saturated rings. The van der Waals surface area contributed by atoms with E-state index in [1.165, 1.54) is 11.1 Å². The van der Waals surface area contributed by atoms with Gasteiger partial charge in [0, 0.05) is 23.8 Å². The molecule has 4 aromatic carbocycles. The van der Waals surface area contributed by atoms with Gasteiger partial charge in [0.1, 0.15) is 12.6 Å². The molecule has 0 saturated heterocycles. The predicted octanol–water partition coefficient (Wildman–Crippen LogP) is 5.76. The third-order valence-corrected chi connectivity index (χ3v) is 7.28. The van der Waals surface area contributed by atoms with Gasteiger partial charge in [-0.15, -0.1) is 0 Å². The molecule has 184 valence electrons. The molecule has 0 bridgehead atoms.